The second-order valence-corrected chi connectivity index (χ2v) is 19.4. The van der Waals surface area contributed by atoms with E-state index in [4.69, 9.17) is 14.5 Å². The summed E-state index contributed by atoms with van der Waals surface area (Å²) >= 11 is 0. The Morgan fingerprint density at radius 3 is 2.51 bits per heavy atom. The van der Waals surface area contributed by atoms with Gasteiger partial charge in [-0.15, -0.1) is 6.58 Å². The van der Waals surface area contributed by atoms with Crippen LogP contribution in [0.1, 0.15) is 109 Å². The van der Waals surface area contributed by atoms with Crippen LogP contribution in [0.5, 0.6) is 11.6 Å². The zero-order valence-corrected chi connectivity index (χ0v) is 33.5. The summed E-state index contributed by atoms with van der Waals surface area (Å²) in [6.07, 6.45) is 10.9. The number of aromatic hydroxyl groups is 1. The molecule has 4 amide bonds. The second kappa shape index (κ2) is 15.4. The van der Waals surface area contributed by atoms with Crippen LogP contribution in [0.15, 0.2) is 36.9 Å². The summed E-state index contributed by atoms with van der Waals surface area (Å²) in [5.41, 5.74) is -1.14. The molecule has 2 bridgehead atoms. The van der Waals surface area contributed by atoms with E-state index in [0.29, 0.717) is 48.6 Å². The third-order valence-corrected chi connectivity index (χ3v) is 15.4. The van der Waals surface area contributed by atoms with Crippen LogP contribution in [-0.4, -0.2) is 88.3 Å². The van der Waals surface area contributed by atoms with Gasteiger partial charge in [0, 0.05) is 17.7 Å². The van der Waals surface area contributed by atoms with Crippen LogP contribution in [0.25, 0.3) is 10.9 Å². The first-order valence-corrected chi connectivity index (χ1v) is 22.4. The lowest BCUT2D eigenvalue weighted by Gasteiger charge is -2.35. The zero-order valence-electron chi connectivity index (χ0n) is 32.7. The molecule has 7 atom stereocenters. The fourth-order valence-electron chi connectivity index (χ4n) is 9.97. The number of alkyl carbamates (subject to hydrolysis) is 1. The van der Waals surface area contributed by atoms with Gasteiger partial charge in [-0.1, -0.05) is 43.9 Å². The summed E-state index contributed by atoms with van der Waals surface area (Å²) in [5.74, 6) is -2.16. The quantitative estimate of drug-likeness (QED) is 0.279. The van der Waals surface area contributed by atoms with E-state index in [0.717, 1.165) is 57.8 Å². The maximum absolute atomic E-state index is 14.9. The maximum atomic E-state index is 14.9. The van der Waals surface area contributed by atoms with Crippen molar-refractivity contribution in [1.29, 1.82) is 0 Å². The SMILES string of the molecule is C=C[C@@H]1C[C@]1(NC(=O)[C@@H]1C[C@@H]2CN1C(=O)[C@H](C1CCCC1)NC(=O)O[C@]1(C)CCC[C@H]1CCCCCc1c(nc3ccccc3c1O)O2)C(=O)NS(=O)(=O)C1CC1. The number of amides is 4. The minimum atomic E-state index is -3.91. The first kappa shape index (κ1) is 39.4. The van der Waals surface area contributed by atoms with Gasteiger partial charge in [-0.2, -0.15) is 0 Å². The Morgan fingerprint density at radius 1 is 1.04 bits per heavy atom. The van der Waals surface area contributed by atoms with Gasteiger partial charge in [0.05, 0.1) is 22.9 Å². The van der Waals surface area contributed by atoms with E-state index >= 15 is 0 Å². The number of carbonyl (C=O) groups is 4. The van der Waals surface area contributed by atoms with Crippen molar-refractivity contribution in [3.8, 4) is 11.6 Å². The molecule has 0 unspecified atom stereocenters. The van der Waals surface area contributed by atoms with E-state index in [2.05, 4.69) is 21.9 Å². The molecular weight excluding hydrogens is 751 g/mol. The molecule has 8 rings (SSSR count). The summed E-state index contributed by atoms with van der Waals surface area (Å²) in [4.78, 5) is 63.1. The molecule has 4 aliphatic carbocycles. The van der Waals surface area contributed by atoms with Crippen LogP contribution in [0, 0.1) is 17.8 Å². The van der Waals surface area contributed by atoms with Gasteiger partial charge < -0.3 is 30.1 Å². The van der Waals surface area contributed by atoms with Gasteiger partial charge in [-0.05, 0) is 102 Å². The molecule has 5 fully saturated rings. The van der Waals surface area contributed by atoms with Gasteiger partial charge >= 0.3 is 6.09 Å². The predicted octanol–water partition coefficient (Wildman–Crippen LogP) is 4.92. The van der Waals surface area contributed by atoms with Gasteiger partial charge in [-0.3, -0.25) is 19.1 Å². The molecule has 2 aliphatic heterocycles. The Balaban J connectivity index is 1.14. The molecule has 14 nitrogen and oxygen atoms in total. The van der Waals surface area contributed by atoms with Crippen molar-refractivity contribution in [2.24, 2.45) is 17.8 Å². The molecule has 3 heterocycles. The number of para-hydroxylation sites is 1. The number of hydrogen-bond acceptors (Lipinski definition) is 10. The maximum Gasteiger partial charge on any atom is 0.408 e. The molecular formula is C42H55N5O9S. The zero-order chi connectivity index (χ0) is 40.1. The number of benzene rings is 1. The third-order valence-electron chi connectivity index (χ3n) is 13.6. The van der Waals surface area contributed by atoms with Crippen molar-refractivity contribution in [3.63, 3.8) is 0 Å². The summed E-state index contributed by atoms with van der Waals surface area (Å²) in [6, 6.07) is 5.16. The van der Waals surface area contributed by atoms with E-state index in [1.807, 2.05) is 25.1 Å². The van der Waals surface area contributed by atoms with E-state index in [1.54, 1.807) is 6.07 Å². The van der Waals surface area contributed by atoms with Crippen LogP contribution in [-0.2, 0) is 35.6 Å². The standard InChI is InChI=1S/C42H55N5O9S/c1-3-26-23-42(26,39(51)46-57(53,54)29-19-20-29)45-36(49)33-22-28-24-47(33)38(50)34(25-12-7-8-13-25)44-40(52)56-41(2)21-11-15-27(41)14-5-4-6-17-31-35(48)30-16-9-10-18-32(30)43-37(31)55-28/h3,9-10,16,18,25-29,33-34H,1,4-8,11-15,17,19-24H2,2H3,(H,43,48)(H,44,52)(H,45,49)(H,46,51)/t26-,27-,28-,33+,34+,41-,42-/m1/s1. The lowest BCUT2D eigenvalue weighted by atomic mass is 9.87. The number of fused-ring (bicyclic) bond motifs is 5. The third kappa shape index (κ3) is 7.80. The lowest BCUT2D eigenvalue weighted by molar-refractivity contribution is -0.142. The van der Waals surface area contributed by atoms with Crippen LogP contribution in [0.2, 0.25) is 0 Å². The number of carbonyl (C=O) groups excluding carboxylic acids is 4. The second-order valence-electron chi connectivity index (χ2n) is 17.5. The topological polar surface area (TPSA) is 193 Å². The highest BCUT2D eigenvalue weighted by Gasteiger charge is 2.62. The molecule has 1 aromatic carbocycles. The molecule has 57 heavy (non-hydrogen) atoms. The fraction of sp³-hybridized carbons (Fsp3) is 0.643. The number of rotatable bonds is 7. The number of pyridine rings is 1. The number of sulfonamides is 1. The van der Waals surface area contributed by atoms with Gasteiger partial charge in [0.25, 0.3) is 5.91 Å². The molecule has 1 aromatic heterocycles. The van der Waals surface area contributed by atoms with Crippen molar-refractivity contribution in [2.75, 3.05) is 6.54 Å². The molecule has 308 valence electrons. The van der Waals surface area contributed by atoms with E-state index < -0.39 is 74.3 Å². The lowest BCUT2D eigenvalue weighted by Crippen LogP contribution is -2.59. The number of nitrogens with zero attached hydrogens (tertiary/aromatic N) is 2. The highest BCUT2D eigenvalue weighted by molar-refractivity contribution is 7.91. The first-order valence-electron chi connectivity index (χ1n) is 20.9. The Labute approximate surface area is 333 Å². The van der Waals surface area contributed by atoms with Crippen molar-refractivity contribution < 1.29 is 42.2 Å². The number of nitrogens with one attached hydrogen (secondary N) is 3. The Kier molecular flexibility index (Phi) is 10.7. The minimum absolute atomic E-state index is 0.0185. The molecule has 4 N–H and O–H groups in total. The largest absolute Gasteiger partial charge is 0.507 e. The fourth-order valence-corrected chi connectivity index (χ4v) is 11.3. The summed E-state index contributed by atoms with van der Waals surface area (Å²) in [6.45, 7) is 5.76. The van der Waals surface area contributed by atoms with E-state index in [-0.39, 0.29) is 42.9 Å². The highest BCUT2D eigenvalue weighted by atomic mass is 32.2. The van der Waals surface area contributed by atoms with Crippen LogP contribution in [0.3, 0.4) is 0 Å². The molecule has 15 heteroatoms. The van der Waals surface area contributed by atoms with Crippen molar-refractivity contribution in [3.05, 3.63) is 42.5 Å². The summed E-state index contributed by atoms with van der Waals surface area (Å²) in [5, 5.41) is 17.4. The average molecular weight is 806 g/mol. The monoisotopic (exact) mass is 805 g/mol. The summed E-state index contributed by atoms with van der Waals surface area (Å²) in [7, 11) is -3.91. The van der Waals surface area contributed by atoms with Crippen molar-refractivity contribution in [1.82, 2.24) is 25.2 Å². The molecule has 2 aromatic rings. The van der Waals surface area contributed by atoms with E-state index in [9.17, 15) is 32.7 Å². The molecule has 0 radical (unpaired) electrons. The number of hydrogen-bond donors (Lipinski definition) is 4. The number of ether oxygens (including phenoxy) is 2. The smallest absolute Gasteiger partial charge is 0.408 e. The van der Waals surface area contributed by atoms with Crippen LogP contribution < -0.4 is 20.1 Å². The summed E-state index contributed by atoms with van der Waals surface area (Å²) < 4.78 is 40.6. The number of aromatic nitrogens is 1. The van der Waals surface area contributed by atoms with Crippen molar-refractivity contribution >= 4 is 44.7 Å². The highest BCUT2D eigenvalue weighted by Crippen LogP contribution is 2.46. The van der Waals surface area contributed by atoms with Crippen molar-refractivity contribution in [2.45, 2.75) is 144 Å². The minimum Gasteiger partial charge on any atom is -0.507 e. The normalized spacial score (nSPS) is 32.5. The van der Waals surface area contributed by atoms with Gasteiger partial charge in [0.2, 0.25) is 27.7 Å². The van der Waals surface area contributed by atoms with Gasteiger partial charge in [0.15, 0.2) is 0 Å². The average Bonchev–Trinajstić information content (AvgIpc) is 3.99. The molecule has 4 saturated carbocycles. The first-order chi connectivity index (χ1) is 27.3. The van der Waals surface area contributed by atoms with Crippen LogP contribution in [0.4, 0.5) is 4.79 Å². The van der Waals surface area contributed by atoms with Gasteiger partial charge in [-0.25, -0.2) is 18.2 Å². The predicted molar refractivity (Wildman–Crippen MR) is 210 cm³/mol. The molecule has 0 spiro atoms. The van der Waals surface area contributed by atoms with E-state index in [1.165, 1.54) is 11.0 Å². The Morgan fingerprint density at radius 2 is 1.77 bits per heavy atom. The van der Waals surface area contributed by atoms with Crippen LogP contribution >= 0.6 is 0 Å². The van der Waals surface area contributed by atoms with Gasteiger partial charge in [0.1, 0.15) is 35.1 Å². The Bertz CT molecular complexity index is 2050. The Hall–Kier alpha value is -4.40. The molecule has 1 saturated heterocycles. The molecule has 6 aliphatic rings.